The second-order valence-corrected chi connectivity index (χ2v) is 11.7. The minimum absolute atomic E-state index is 0.127. The van der Waals surface area contributed by atoms with Crippen LogP contribution in [-0.4, -0.2) is 89.1 Å². The number of nitrogens with one attached hydrogen (secondary N) is 1. The molecule has 228 valence electrons. The molecule has 3 aliphatic heterocycles. The number of carboxylic acid groups (broad SMARTS) is 1. The number of halogens is 2. The quantitative estimate of drug-likeness (QED) is 0.352. The first-order valence-electron chi connectivity index (χ1n) is 14.0. The Balaban J connectivity index is 1.30. The van der Waals surface area contributed by atoms with Crippen molar-refractivity contribution in [1.82, 2.24) is 20.1 Å². The Labute approximate surface area is 261 Å². The average molecular weight is 639 g/mol. The van der Waals surface area contributed by atoms with Gasteiger partial charge in [0.1, 0.15) is 11.9 Å². The van der Waals surface area contributed by atoms with Gasteiger partial charge in [-0.25, -0.2) is 23.8 Å². The van der Waals surface area contributed by atoms with Gasteiger partial charge in [0.15, 0.2) is 10.8 Å². The molecule has 2 amide bonds. The molecule has 0 spiro atoms. The van der Waals surface area contributed by atoms with E-state index >= 15 is 0 Å². The fourth-order valence-corrected chi connectivity index (χ4v) is 6.53. The number of carbonyl (C=O) groups is 3. The first-order valence-corrected chi connectivity index (χ1v) is 15.2. The fourth-order valence-electron chi connectivity index (χ4n) is 5.71. The number of fused-ring (bicyclic) bond motifs is 1. The standard InChI is InChI=1S/C30H28ClFN6O5S/c1-2-43-29(41)23-22(34-26(27-33-10-13-44-27)35-25(23)20-4-3-5-21(32)24(20)31)16-36-11-12-37-19(14-36)15-38(30(37)42)18-8-6-17(7-9-18)28(39)40/h3-10,13,19,25H,2,11-12,14-16H2,1H3,(H,34,35)(H,39,40)/t19-,25-/m0/s1. The Hall–Kier alpha value is -4.33. The van der Waals surface area contributed by atoms with Gasteiger partial charge in [0, 0.05) is 61.2 Å². The summed E-state index contributed by atoms with van der Waals surface area (Å²) >= 11 is 7.78. The first kappa shape index (κ1) is 29.7. The van der Waals surface area contributed by atoms with Crippen LogP contribution in [-0.2, 0) is 9.53 Å². The molecule has 11 nitrogen and oxygen atoms in total. The molecule has 2 saturated heterocycles. The lowest BCUT2D eigenvalue weighted by atomic mass is 9.95. The zero-order valence-corrected chi connectivity index (χ0v) is 25.1. The molecule has 0 radical (unpaired) electrons. The third-order valence-corrected chi connectivity index (χ3v) is 8.96. The summed E-state index contributed by atoms with van der Waals surface area (Å²) in [6.45, 7) is 4.08. The number of hydrogen-bond donors (Lipinski definition) is 2. The lowest BCUT2D eigenvalue weighted by Crippen LogP contribution is -2.53. The molecule has 2 aromatic carbocycles. The van der Waals surface area contributed by atoms with Crippen LogP contribution in [0.3, 0.4) is 0 Å². The van der Waals surface area contributed by atoms with Crippen LogP contribution in [0.5, 0.6) is 0 Å². The van der Waals surface area contributed by atoms with Gasteiger partial charge < -0.3 is 20.1 Å². The third kappa shape index (κ3) is 5.65. The third-order valence-electron chi connectivity index (χ3n) is 7.78. The highest BCUT2D eigenvalue weighted by Crippen LogP contribution is 2.38. The van der Waals surface area contributed by atoms with Crippen molar-refractivity contribution in [3.05, 3.63) is 92.3 Å². The van der Waals surface area contributed by atoms with E-state index in [0.29, 0.717) is 60.5 Å². The highest BCUT2D eigenvalue weighted by atomic mass is 35.5. The lowest BCUT2D eigenvalue weighted by Gasteiger charge is -2.38. The van der Waals surface area contributed by atoms with Crippen molar-refractivity contribution in [3.8, 4) is 0 Å². The summed E-state index contributed by atoms with van der Waals surface area (Å²) in [5, 5.41) is 14.8. The van der Waals surface area contributed by atoms with Gasteiger partial charge in [-0.3, -0.25) is 14.8 Å². The predicted octanol–water partition coefficient (Wildman–Crippen LogP) is 4.17. The lowest BCUT2D eigenvalue weighted by molar-refractivity contribution is -0.139. The number of esters is 1. The monoisotopic (exact) mass is 638 g/mol. The molecular formula is C30H28ClFN6O5S. The maximum atomic E-state index is 14.6. The van der Waals surface area contributed by atoms with Crippen molar-refractivity contribution in [2.45, 2.75) is 19.0 Å². The molecule has 6 rings (SSSR count). The summed E-state index contributed by atoms with van der Waals surface area (Å²) in [4.78, 5) is 52.8. The Bertz CT molecular complexity index is 1660. The highest BCUT2D eigenvalue weighted by molar-refractivity contribution is 7.11. The first-order chi connectivity index (χ1) is 21.2. The zero-order valence-electron chi connectivity index (χ0n) is 23.6. The molecule has 14 heteroatoms. The molecule has 2 atom stereocenters. The number of piperazine rings is 1. The Morgan fingerprint density at radius 3 is 2.68 bits per heavy atom. The van der Waals surface area contributed by atoms with Crippen LogP contribution < -0.4 is 10.2 Å². The van der Waals surface area contributed by atoms with Crippen LogP contribution in [0.1, 0.15) is 33.9 Å². The number of ether oxygens (including phenoxy) is 1. The predicted molar refractivity (Wildman–Crippen MR) is 163 cm³/mol. The molecule has 0 bridgehead atoms. The summed E-state index contributed by atoms with van der Waals surface area (Å²) in [7, 11) is 0. The van der Waals surface area contributed by atoms with Gasteiger partial charge in [0.2, 0.25) is 0 Å². The highest BCUT2D eigenvalue weighted by Gasteiger charge is 2.42. The van der Waals surface area contributed by atoms with E-state index in [2.05, 4.69) is 15.2 Å². The van der Waals surface area contributed by atoms with Gasteiger partial charge in [-0.15, -0.1) is 11.3 Å². The maximum absolute atomic E-state index is 14.6. The number of anilines is 1. The second kappa shape index (κ2) is 12.3. The summed E-state index contributed by atoms with van der Waals surface area (Å²) in [6.07, 6.45) is 1.65. The van der Waals surface area contributed by atoms with E-state index in [0.717, 1.165) is 0 Å². The number of aromatic carboxylic acids is 1. The van der Waals surface area contributed by atoms with Gasteiger partial charge >= 0.3 is 18.0 Å². The summed E-state index contributed by atoms with van der Waals surface area (Å²) in [5.74, 6) is -1.82. The van der Waals surface area contributed by atoms with Crippen LogP contribution in [0, 0.1) is 5.82 Å². The summed E-state index contributed by atoms with van der Waals surface area (Å²) in [6, 6.07) is 9.44. The molecule has 44 heavy (non-hydrogen) atoms. The number of amidine groups is 1. The Kier molecular flexibility index (Phi) is 8.34. The number of urea groups is 1. The molecule has 0 aliphatic carbocycles. The number of nitrogens with zero attached hydrogens (tertiary/aromatic N) is 5. The van der Waals surface area contributed by atoms with Crippen molar-refractivity contribution in [1.29, 1.82) is 0 Å². The van der Waals surface area contributed by atoms with E-state index in [1.807, 2.05) is 10.3 Å². The number of hydrogen-bond acceptors (Lipinski definition) is 9. The molecule has 4 heterocycles. The van der Waals surface area contributed by atoms with E-state index in [4.69, 9.17) is 21.3 Å². The number of aliphatic imine (C=N–C) groups is 1. The minimum atomic E-state index is -1.03. The van der Waals surface area contributed by atoms with Crippen LogP contribution in [0.15, 0.2) is 70.3 Å². The van der Waals surface area contributed by atoms with Gasteiger partial charge in [-0.1, -0.05) is 23.7 Å². The van der Waals surface area contributed by atoms with Crippen LogP contribution in [0.2, 0.25) is 5.02 Å². The topological polar surface area (TPSA) is 128 Å². The molecule has 3 aromatic rings. The normalized spacial score (nSPS) is 20.3. The maximum Gasteiger partial charge on any atom is 0.338 e. The Morgan fingerprint density at radius 2 is 1.98 bits per heavy atom. The number of thiazole rings is 1. The number of amides is 2. The van der Waals surface area contributed by atoms with Crippen molar-refractivity contribution in [2.75, 3.05) is 44.2 Å². The zero-order chi connectivity index (χ0) is 31.0. The number of rotatable bonds is 8. The SMILES string of the molecule is CCOC(=O)C1=C(CN2CCN3C(=O)N(c4ccc(C(=O)O)cc4)C[C@@H]3C2)NC(c2nccs2)=N[C@H]1c1cccc(F)c1Cl. The number of carbonyl (C=O) groups excluding carboxylic acids is 2. The average Bonchev–Trinajstić information content (AvgIpc) is 3.67. The van der Waals surface area contributed by atoms with Crippen molar-refractivity contribution in [3.63, 3.8) is 0 Å². The van der Waals surface area contributed by atoms with Crippen LogP contribution >= 0.6 is 22.9 Å². The molecular weight excluding hydrogens is 611 g/mol. The van der Waals surface area contributed by atoms with E-state index in [1.54, 1.807) is 36.2 Å². The van der Waals surface area contributed by atoms with E-state index in [9.17, 15) is 23.9 Å². The van der Waals surface area contributed by atoms with E-state index in [1.165, 1.54) is 35.6 Å². The van der Waals surface area contributed by atoms with E-state index in [-0.39, 0.29) is 34.8 Å². The number of benzene rings is 2. The largest absolute Gasteiger partial charge is 0.478 e. The second-order valence-electron chi connectivity index (χ2n) is 10.4. The summed E-state index contributed by atoms with van der Waals surface area (Å²) < 4.78 is 20.1. The number of aromatic nitrogens is 1. The summed E-state index contributed by atoms with van der Waals surface area (Å²) in [5.41, 5.74) is 1.87. The fraction of sp³-hybridized carbons (Fsp3) is 0.300. The van der Waals surface area contributed by atoms with E-state index < -0.39 is 23.8 Å². The Morgan fingerprint density at radius 1 is 1.18 bits per heavy atom. The number of carboxylic acids is 1. The van der Waals surface area contributed by atoms with Crippen molar-refractivity contribution in [2.24, 2.45) is 4.99 Å². The smallest absolute Gasteiger partial charge is 0.338 e. The molecule has 3 aliphatic rings. The van der Waals surface area contributed by atoms with Crippen molar-refractivity contribution >= 4 is 52.4 Å². The minimum Gasteiger partial charge on any atom is -0.478 e. The van der Waals surface area contributed by atoms with Gasteiger partial charge in [-0.05, 0) is 37.3 Å². The molecule has 2 N–H and O–H groups in total. The van der Waals surface area contributed by atoms with Gasteiger partial charge in [0.05, 0.1) is 28.8 Å². The van der Waals surface area contributed by atoms with Crippen LogP contribution in [0.25, 0.3) is 0 Å². The molecule has 2 fully saturated rings. The van der Waals surface area contributed by atoms with Gasteiger partial charge in [-0.2, -0.15) is 0 Å². The molecule has 1 aromatic heterocycles. The van der Waals surface area contributed by atoms with Crippen molar-refractivity contribution < 1.29 is 28.6 Å². The van der Waals surface area contributed by atoms with Gasteiger partial charge in [0.25, 0.3) is 0 Å². The molecule has 0 unspecified atom stereocenters. The molecule has 0 saturated carbocycles. The van der Waals surface area contributed by atoms with Crippen LogP contribution in [0.4, 0.5) is 14.9 Å².